The molecular formula is C31H29N3O7S2. The maximum absolute atomic E-state index is 13.4. The van der Waals surface area contributed by atoms with Gasteiger partial charge in [-0.2, -0.15) is 5.26 Å². The van der Waals surface area contributed by atoms with Crippen molar-refractivity contribution in [1.82, 2.24) is 9.47 Å². The Morgan fingerprint density at radius 1 is 1.05 bits per heavy atom. The number of nitriles is 1. The molecule has 0 radical (unpaired) electrons. The van der Waals surface area contributed by atoms with Crippen molar-refractivity contribution in [2.24, 2.45) is 0 Å². The van der Waals surface area contributed by atoms with Crippen molar-refractivity contribution in [1.29, 1.82) is 5.26 Å². The van der Waals surface area contributed by atoms with Gasteiger partial charge in [0.05, 0.1) is 31.8 Å². The number of aromatic nitrogens is 1. The van der Waals surface area contributed by atoms with Gasteiger partial charge in [-0.1, -0.05) is 42.2 Å². The fraction of sp³-hybridized carbons (Fsp3) is 0.258. The molecule has 0 spiro atoms. The molecule has 3 aromatic rings. The van der Waals surface area contributed by atoms with Crippen LogP contribution in [0.25, 0.3) is 6.08 Å². The number of ketones is 1. The summed E-state index contributed by atoms with van der Waals surface area (Å²) in [4.78, 5) is 41.3. The van der Waals surface area contributed by atoms with E-state index in [0.29, 0.717) is 32.9 Å². The van der Waals surface area contributed by atoms with Gasteiger partial charge >= 0.3 is 0 Å². The van der Waals surface area contributed by atoms with E-state index in [9.17, 15) is 24.8 Å². The molecule has 4 rings (SSSR count). The average Bonchev–Trinajstić information content (AvgIpc) is 3.27. The number of Topliss-reactive ketones (excluding diaryl/α,β-unsaturated/α-hetero) is 1. The normalized spacial score (nSPS) is 13.7. The lowest BCUT2D eigenvalue weighted by atomic mass is 9.99. The summed E-state index contributed by atoms with van der Waals surface area (Å²) in [5.41, 5.74) is 0.590. The zero-order valence-electron chi connectivity index (χ0n) is 24.0. The summed E-state index contributed by atoms with van der Waals surface area (Å²) in [6, 6.07) is 14.3. The van der Waals surface area contributed by atoms with E-state index >= 15 is 0 Å². The van der Waals surface area contributed by atoms with Crippen molar-refractivity contribution in [2.75, 3.05) is 27.9 Å². The second-order valence-corrected chi connectivity index (χ2v) is 11.2. The third-order valence-corrected chi connectivity index (χ3v) is 8.38. The molecule has 0 unspecified atom stereocenters. The quantitative estimate of drug-likeness (QED) is 0.186. The number of amides is 1. The highest BCUT2D eigenvalue weighted by atomic mass is 32.2. The maximum atomic E-state index is 13.4. The molecule has 1 fully saturated rings. The highest BCUT2D eigenvalue weighted by molar-refractivity contribution is 8.26. The summed E-state index contributed by atoms with van der Waals surface area (Å²) in [5.74, 6) is 0.338. The molecule has 1 aliphatic heterocycles. The van der Waals surface area contributed by atoms with Gasteiger partial charge in [-0.15, -0.1) is 0 Å². The van der Waals surface area contributed by atoms with Gasteiger partial charge < -0.3 is 19.3 Å². The van der Waals surface area contributed by atoms with Crippen molar-refractivity contribution >= 4 is 46.1 Å². The van der Waals surface area contributed by atoms with Crippen molar-refractivity contribution in [3.8, 4) is 29.2 Å². The summed E-state index contributed by atoms with van der Waals surface area (Å²) in [6.45, 7) is 1.41. The Balaban J connectivity index is 1.54. The number of rotatable bonds is 11. The van der Waals surface area contributed by atoms with E-state index in [1.165, 1.54) is 26.0 Å². The van der Waals surface area contributed by atoms with Gasteiger partial charge in [0.1, 0.15) is 21.7 Å². The van der Waals surface area contributed by atoms with Gasteiger partial charge in [0.2, 0.25) is 5.88 Å². The lowest BCUT2D eigenvalue weighted by Gasteiger charge is -2.17. The minimum atomic E-state index is -0.699. The molecule has 1 aromatic heterocycles. The molecule has 2 aromatic carbocycles. The Morgan fingerprint density at radius 3 is 2.37 bits per heavy atom. The number of aryl methyl sites for hydroxylation is 1. The fourth-order valence-electron chi connectivity index (χ4n) is 4.65. The third-order valence-electron chi connectivity index (χ3n) is 7.00. The first kappa shape index (κ1) is 31.3. The molecule has 2 heterocycles. The smallest absolute Gasteiger partial charge is 0.271 e. The highest BCUT2D eigenvalue weighted by Crippen LogP contribution is 2.34. The Kier molecular flexibility index (Phi) is 9.90. The van der Waals surface area contributed by atoms with Crippen LogP contribution in [-0.4, -0.2) is 58.5 Å². The van der Waals surface area contributed by atoms with Crippen molar-refractivity contribution in [2.45, 2.75) is 26.3 Å². The first-order chi connectivity index (χ1) is 20.6. The van der Waals surface area contributed by atoms with E-state index in [4.69, 9.17) is 26.4 Å². The number of hydrogen-bond acceptors (Lipinski definition) is 10. The van der Waals surface area contributed by atoms with Crippen LogP contribution in [0.3, 0.4) is 0 Å². The van der Waals surface area contributed by atoms with Crippen molar-refractivity contribution in [3.05, 3.63) is 85.5 Å². The summed E-state index contributed by atoms with van der Waals surface area (Å²) < 4.78 is 17.1. The van der Waals surface area contributed by atoms with Crippen LogP contribution < -0.4 is 19.8 Å². The van der Waals surface area contributed by atoms with Crippen LogP contribution in [-0.2, 0) is 17.8 Å². The summed E-state index contributed by atoms with van der Waals surface area (Å²) in [5, 5.41) is 20.8. The number of nitrogens with zero attached hydrogens (tertiary/aromatic N) is 3. The van der Waals surface area contributed by atoms with E-state index in [2.05, 4.69) is 0 Å². The average molecular weight is 620 g/mol. The van der Waals surface area contributed by atoms with Crippen LogP contribution >= 0.6 is 24.0 Å². The molecule has 12 heteroatoms. The Hall–Kier alpha value is -4.60. The van der Waals surface area contributed by atoms with Crippen LogP contribution in [0, 0.1) is 18.3 Å². The number of methoxy groups -OCH3 is 3. The zero-order valence-corrected chi connectivity index (χ0v) is 25.6. The lowest BCUT2D eigenvalue weighted by molar-refractivity contribution is -0.122. The maximum Gasteiger partial charge on any atom is 0.271 e. The van der Waals surface area contributed by atoms with Crippen LogP contribution in [0.1, 0.15) is 39.0 Å². The fourth-order valence-corrected chi connectivity index (χ4v) is 5.96. The highest BCUT2D eigenvalue weighted by Gasteiger charge is 2.33. The third kappa shape index (κ3) is 6.58. The number of ether oxygens (including phenoxy) is 3. The molecule has 1 aliphatic rings. The Morgan fingerprint density at radius 2 is 1.74 bits per heavy atom. The Labute approximate surface area is 258 Å². The molecular weight excluding hydrogens is 590 g/mol. The predicted molar refractivity (Wildman–Crippen MR) is 167 cm³/mol. The topological polar surface area (TPSA) is 131 Å². The number of aromatic hydroxyl groups is 1. The van der Waals surface area contributed by atoms with Crippen molar-refractivity contribution < 1.29 is 28.9 Å². The summed E-state index contributed by atoms with van der Waals surface area (Å²) in [7, 11) is 4.60. The van der Waals surface area contributed by atoms with E-state index in [0.717, 1.165) is 27.5 Å². The number of hydrogen-bond donors (Lipinski definition) is 1. The van der Waals surface area contributed by atoms with Gasteiger partial charge in [-0.05, 0) is 60.4 Å². The minimum absolute atomic E-state index is 0.000240. The van der Waals surface area contributed by atoms with E-state index in [1.807, 2.05) is 18.2 Å². The van der Waals surface area contributed by atoms with Crippen LogP contribution in [0.2, 0.25) is 0 Å². The first-order valence-corrected chi connectivity index (χ1v) is 14.4. The molecule has 0 saturated carbocycles. The SMILES string of the molecule is COc1ccc(/C=C2\SC(=S)N(CCC(=O)c3c(C)c(C#N)c(=O)n(CCc4ccc(OC)c(OC)c4)c3O)C2=O)cc1. The van der Waals surface area contributed by atoms with E-state index in [1.54, 1.807) is 43.5 Å². The number of carbonyl (C=O) groups excluding carboxylic acids is 2. The summed E-state index contributed by atoms with van der Waals surface area (Å²) >= 11 is 6.54. The summed E-state index contributed by atoms with van der Waals surface area (Å²) in [6.07, 6.45) is 1.83. The predicted octanol–water partition coefficient (Wildman–Crippen LogP) is 4.48. The second kappa shape index (κ2) is 13.6. The van der Waals surface area contributed by atoms with Gasteiger partial charge in [-0.25, -0.2) is 0 Å². The lowest BCUT2D eigenvalue weighted by Crippen LogP contribution is -2.31. The van der Waals surface area contributed by atoms with E-state index < -0.39 is 17.2 Å². The van der Waals surface area contributed by atoms with Crippen molar-refractivity contribution in [3.63, 3.8) is 0 Å². The molecule has 1 saturated heterocycles. The molecule has 0 atom stereocenters. The number of carbonyl (C=O) groups is 2. The van der Waals surface area contributed by atoms with Crippen LogP contribution in [0.15, 0.2) is 52.2 Å². The van der Waals surface area contributed by atoms with Gasteiger partial charge in [0, 0.05) is 19.5 Å². The molecule has 1 N–H and O–H groups in total. The second-order valence-electron chi connectivity index (χ2n) is 9.49. The van der Waals surface area contributed by atoms with Gasteiger partial charge in [0.15, 0.2) is 17.3 Å². The van der Waals surface area contributed by atoms with Crippen LogP contribution in [0.4, 0.5) is 0 Å². The zero-order chi connectivity index (χ0) is 31.3. The molecule has 222 valence electrons. The number of benzene rings is 2. The molecule has 0 bridgehead atoms. The Bertz CT molecular complexity index is 1720. The largest absolute Gasteiger partial charge is 0.497 e. The van der Waals surface area contributed by atoms with Gasteiger partial charge in [0.25, 0.3) is 11.5 Å². The number of thiocarbonyl (C=S) groups is 1. The minimum Gasteiger partial charge on any atom is -0.497 e. The molecule has 0 aliphatic carbocycles. The van der Waals surface area contributed by atoms with E-state index in [-0.39, 0.29) is 42.1 Å². The molecule has 10 nitrogen and oxygen atoms in total. The monoisotopic (exact) mass is 619 g/mol. The number of thioether (sulfide) groups is 1. The number of pyridine rings is 1. The molecule has 1 amide bonds. The first-order valence-electron chi connectivity index (χ1n) is 13.1. The standard InChI is InChI=1S/C31H29N3O7S2/c1-18-22(17-32)28(36)33(13-11-20-7-10-24(40-3)25(15-20)41-4)30(38)27(18)23(35)12-14-34-29(37)26(43-31(34)42)16-19-5-8-21(39-2)9-6-19/h5-10,15-16,38H,11-14H2,1-4H3/b26-16-. The van der Waals surface area contributed by atoms with Crippen LogP contribution in [0.5, 0.6) is 23.1 Å². The van der Waals surface area contributed by atoms with Gasteiger partial charge in [-0.3, -0.25) is 23.9 Å². The molecule has 43 heavy (non-hydrogen) atoms.